The summed E-state index contributed by atoms with van der Waals surface area (Å²) in [5.74, 6) is -1.26. The summed E-state index contributed by atoms with van der Waals surface area (Å²) < 4.78 is 5.15. The Labute approximate surface area is 124 Å². The number of carbonyl (C=O) groups excluding carboxylic acids is 1. The second-order valence-electron chi connectivity index (χ2n) is 4.57. The van der Waals surface area contributed by atoms with E-state index in [1.165, 1.54) is 10.9 Å². The molecule has 0 aliphatic carbocycles. The Morgan fingerprint density at radius 2 is 2.19 bits per heavy atom. The summed E-state index contributed by atoms with van der Waals surface area (Å²) in [7, 11) is 0. The van der Waals surface area contributed by atoms with Crippen molar-refractivity contribution < 1.29 is 14.7 Å². The van der Waals surface area contributed by atoms with E-state index in [1.54, 1.807) is 0 Å². The van der Waals surface area contributed by atoms with Gasteiger partial charge in [-0.3, -0.25) is 4.79 Å². The maximum atomic E-state index is 12.0. The van der Waals surface area contributed by atoms with Crippen molar-refractivity contribution in [2.45, 2.75) is 26.3 Å². The average Bonchev–Trinajstić information content (AvgIpc) is 3.07. The van der Waals surface area contributed by atoms with Gasteiger partial charge in [0.15, 0.2) is 5.69 Å². The number of carboxylic acids is 1. The SMILES string of the molecule is CC(C)c1nnsc1C(=O)NCCn1cc(C(=O)O)nn1. The van der Waals surface area contributed by atoms with E-state index in [1.807, 2.05) is 13.8 Å². The lowest BCUT2D eigenvalue weighted by atomic mass is 10.1. The second kappa shape index (κ2) is 6.39. The number of nitrogens with one attached hydrogen (secondary N) is 1. The molecule has 0 atom stereocenters. The van der Waals surface area contributed by atoms with E-state index in [9.17, 15) is 9.59 Å². The first-order valence-electron chi connectivity index (χ1n) is 6.23. The van der Waals surface area contributed by atoms with Gasteiger partial charge in [-0.2, -0.15) is 0 Å². The highest BCUT2D eigenvalue weighted by Crippen LogP contribution is 2.19. The Bertz CT molecular complexity index is 650. The lowest BCUT2D eigenvalue weighted by Crippen LogP contribution is -2.27. The van der Waals surface area contributed by atoms with Gasteiger partial charge in [0.1, 0.15) is 4.88 Å². The molecule has 21 heavy (non-hydrogen) atoms. The van der Waals surface area contributed by atoms with Gasteiger partial charge < -0.3 is 10.4 Å². The Hall–Kier alpha value is -2.36. The molecule has 0 aliphatic heterocycles. The summed E-state index contributed by atoms with van der Waals surface area (Å²) in [6, 6.07) is 0. The van der Waals surface area contributed by atoms with Gasteiger partial charge in [-0.25, -0.2) is 9.48 Å². The predicted octanol–water partition coefficient (Wildman–Crippen LogP) is 0.381. The first-order chi connectivity index (χ1) is 9.99. The highest BCUT2D eigenvalue weighted by Gasteiger charge is 2.18. The molecule has 112 valence electrons. The molecular weight excluding hydrogens is 296 g/mol. The van der Waals surface area contributed by atoms with Gasteiger partial charge in [0.25, 0.3) is 5.91 Å². The van der Waals surface area contributed by atoms with Crippen molar-refractivity contribution in [2.24, 2.45) is 0 Å². The molecule has 0 aromatic carbocycles. The molecule has 2 aromatic rings. The van der Waals surface area contributed by atoms with Crippen LogP contribution in [0, 0.1) is 0 Å². The van der Waals surface area contributed by atoms with Crippen LogP contribution in [0.2, 0.25) is 0 Å². The maximum absolute atomic E-state index is 12.0. The summed E-state index contributed by atoms with van der Waals surface area (Å²) in [5.41, 5.74) is 0.543. The van der Waals surface area contributed by atoms with E-state index in [4.69, 9.17) is 5.11 Å². The molecule has 2 heterocycles. The molecule has 0 spiro atoms. The molecule has 2 aromatic heterocycles. The van der Waals surface area contributed by atoms with Gasteiger partial charge in [0.05, 0.1) is 18.4 Å². The number of hydrogen-bond acceptors (Lipinski definition) is 7. The Morgan fingerprint density at radius 3 is 2.81 bits per heavy atom. The molecule has 2 N–H and O–H groups in total. The maximum Gasteiger partial charge on any atom is 0.358 e. The van der Waals surface area contributed by atoms with E-state index in [0.29, 0.717) is 23.7 Å². The normalized spacial score (nSPS) is 10.8. The van der Waals surface area contributed by atoms with Gasteiger partial charge in [0.2, 0.25) is 0 Å². The topological polar surface area (TPSA) is 123 Å². The van der Waals surface area contributed by atoms with Crippen LogP contribution in [0.5, 0.6) is 0 Å². The summed E-state index contributed by atoms with van der Waals surface area (Å²) >= 11 is 1.05. The number of carbonyl (C=O) groups is 2. The second-order valence-corrected chi connectivity index (χ2v) is 5.32. The molecule has 9 nitrogen and oxygen atoms in total. The minimum absolute atomic E-state index is 0.123. The third kappa shape index (κ3) is 3.60. The Balaban J connectivity index is 1.89. The van der Waals surface area contributed by atoms with Crippen molar-refractivity contribution >= 4 is 23.4 Å². The average molecular weight is 310 g/mol. The molecule has 1 amide bonds. The molecule has 0 radical (unpaired) electrons. The molecule has 0 bridgehead atoms. The molecule has 0 fully saturated rings. The van der Waals surface area contributed by atoms with Crippen molar-refractivity contribution in [2.75, 3.05) is 6.54 Å². The fourth-order valence-electron chi connectivity index (χ4n) is 1.60. The van der Waals surface area contributed by atoms with Crippen molar-refractivity contribution in [3.8, 4) is 0 Å². The van der Waals surface area contributed by atoms with E-state index < -0.39 is 5.97 Å². The van der Waals surface area contributed by atoms with Gasteiger partial charge in [-0.15, -0.1) is 10.2 Å². The third-order valence-electron chi connectivity index (χ3n) is 2.65. The molecule has 0 unspecified atom stereocenters. The Kier molecular flexibility index (Phi) is 4.58. The summed E-state index contributed by atoms with van der Waals surface area (Å²) in [6.45, 7) is 4.51. The molecule has 0 saturated carbocycles. The van der Waals surface area contributed by atoms with E-state index in [2.05, 4.69) is 25.2 Å². The highest BCUT2D eigenvalue weighted by atomic mass is 32.1. The zero-order valence-corrected chi connectivity index (χ0v) is 12.3. The van der Waals surface area contributed by atoms with Crippen LogP contribution < -0.4 is 5.32 Å². The minimum atomic E-state index is -1.14. The third-order valence-corrected chi connectivity index (χ3v) is 3.39. The van der Waals surface area contributed by atoms with E-state index in [0.717, 1.165) is 11.5 Å². The number of aromatic carboxylic acids is 1. The van der Waals surface area contributed by atoms with Gasteiger partial charge >= 0.3 is 5.97 Å². The van der Waals surface area contributed by atoms with Crippen LogP contribution in [0.1, 0.15) is 45.6 Å². The molecule has 0 aliphatic rings. The van der Waals surface area contributed by atoms with Crippen LogP contribution in [0.3, 0.4) is 0 Å². The first kappa shape index (κ1) is 15.0. The van der Waals surface area contributed by atoms with E-state index in [-0.39, 0.29) is 17.5 Å². The molecule has 2 rings (SSSR count). The largest absolute Gasteiger partial charge is 0.476 e. The van der Waals surface area contributed by atoms with Crippen LogP contribution in [0.25, 0.3) is 0 Å². The summed E-state index contributed by atoms with van der Waals surface area (Å²) in [6.07, 6.45) is 1.31. The zero-order valence-electron chi connectivity index (χ0n) is 11.5. The lowest BCUT2D eigenvalue weighted by molar-refractivity contribution is 0.0690. The fourth-order valence-corrected chi connectivity index (χ4v) is 2.34. The molecule has 10 heteroatoms. The number of hydrogen-bond donors (Lipinski definition) is 2. The minimum Gasteiger partial charge on any atom is -0.476 e. The standard InChI is InChI=1S/C11H14N6O3S/c1-6(2)8-9(21-16-14-8)10(18)12-3-4-17-5-7(11(19)20)13-15-17/h5-6H,3-4H2,1-2H3,(H,12,18)(H,19,20). The first-order valence-corrected chi connectivity index (χ1v) is 7.00. The van der Waals surface area contributed by atoms with Crippen LogP contribution in [-0.4, -0.2) is 48.1 Å². The van der Waals surface area contributed by atoms with Crippen molar-refractivity contribution in [1.29, 1.82) is 0 Å². The van der Waals surface area contributed by atoms with Crippen molar-refractivity contribution in [1.82, 2.24) is 29.9 Å². The van der Waals surface area contributed by atoms with Gasteiger partial charge in [0, 0.05) is 6.54 Å². The lowest BCUT2D eigenvalue weighted by Gasteiger charge is -2.05. The zero-order chi connectivity index (χ0) is 15.4. The number of nitrogens with zero attached hydrogens (tertiary/aromatic N) is 5. The van der Waals surface area contributed by atoms with Crippen LogP contribution >= 0.6 is 11.5 Å². The quantitative estimate of drug-likeness (QED) is 0.790. The summed E-state index contributed by atoms with van der Waals surface area (Å²) in [5, 5.41) is 22.5. The predicted molar refractivity (Wildman–Crippen MR) is 73.3 cm³/mol. The van der Waals surface area contributed by atoms with E-state index >= 15 is 0 Å². The molecule has 0 saturated heterocycles. The Morgan fingerprint density at radius 1 is 1.43 bits per heavy atom. The number of rotatable bonds is 6. The molecular formula is C11H14N6O3S. The van der Waals surface area contributed by atoms with Crippen LogP contribution in [0.15, 0.2) is 6.20 Å². The smallest absolute Gasteiger partial charge is 0.358 e. The highest BCUT2D eigenvalue weighted by molar-refractivity contribution is 7.08. The van der Waals surface area contributed by atoms with Crippen LogP contribution in [0.4, 0.5) is 0 Å². The summed E-state index contributed by atoms with van der Waals surface area (Å²) in [4.78, 5) is 23.2. The van der Waals surface area contributed by atoms with Crippen molar-refractivity contribution in [3.05, 3.63) is 22.5 Å². The van der Waals surface area contributed by atoms with Gasteiger partial charge in [-0.05, 0) is 17.5 Å². The van der Waals surface area contributed by atoms with Crippen LogP contribution in [-0.2, 0) is 6.54 Å². The fraction of sp³-hybridized carbons (Fsp3) is 0.455. The van der Waals surface area contributed by atoms with Gasteiger partial charge in [-0.1, -0.05) is 23.5 Å². The number of aromatic nitrogens is 5. The number of carboxylic acid groups (broad SMARTS) is 1. The number of amides is 1. The van der Waals surface area contributed by atoms with Crippen molar-refractivity contribution in [3.63, 3.8) is 0 Å². The monoisotopic (exact) mass is 310 g/mol.